The molecule has 0 aliphatic carbocycles. The minimum atomic E-state index is 0.636. The molecule has 1 aliphatic heterocycles. The first-order valence-corrected chi connectivity index (χ1v) is 4.55. The number of rotatable bonds is 5. The standard InChI is InChI=1S/C9H18O/c1-2-3-4-5-6-9-7-8-10-9/h9H,2-8H2,1H3. The lowest BCUT2D eigenvalue weighted by molar-refractivity contribution is -0.0555. The van der Waals surface area contributed by atoms with Gasteiger partial charge in [0.15, 0.2) is 0 Å². The molecule has 1 fully saturated rings. The highest BCUT2D eigenvalue weighted by Crippen LogP contribution is 2.17. The molecule has 1 saturated heterocycles. The minimum Gasteiger partial charge on any atom is -0.378 e. The van der Waals surface area contributed by atoms with Gasteiger partial charge in [-0.05, 0) is 12.8 Å². The topological polar surface area (TPSA) is 9.23 Å². The van der Waals surface area contributed by atoms with Gasteiger partial charge in [0.1, 0.15) is 0 Å². The van der Waals surface area contributed by atoms with Crippen molar-refractivity contribution in [2.45, 2.75) is 51.6 Å². The Morgan fingerprint density at radius 2 is 2.10 bits per heavy atom. The Hall–Kier alpha value is -0.0400. The summed E-state index contributed by atoms with van der Waals surface area (Å²) in [6, 6.07) is 0. The minimum absolute atomic E-state index is 0.636. The van der Waals surface area contributed by atoms with Crippen LogP contribution in [0.25, 0.3) is 0 Å². The summed E-state index contributed by atoms with van der Waals surface area (Å²) in [5.41, 5.74) is 0. The number of hydrogen-bond acceptors (Lipinski definition) is 1. The molecule has 0 aromatic carbocycles. The number of ether oxygens (including phenoxy) is 1. The monoisotopic (exact) mass is 142 g/mol. The fraction of sp³-hybridized carbons (Fsp3) is 1.00. The van der Waals surface area contributed by atoms with E-state index >= 15 is 0 Å². The van der Waals surface area contributed by atoms with E-state index in [9.17, 15) is 0 Å². The van der Waals surface area contributed by atoms with Crippen LogP contribution in [0.5, 0.6) is 0 Å². The van der Waals surface area contributed by atoms with Crippen molar-refractivity contribution in [1.82, 2.24) is 0 Å². The van der Waals surface area contributed by atoms with Gasteiger partial charge in [-0.25, -0.2) is 0 Å². The number of hydrogen-bond donors (Lipinski definition) is 0. The highest BCUT2D eigenvalue weighted by molar-refractivity contribution is 4.65. The summed E-state index contributed by atoms with van der Waals surface area (Å²) in [7, 11) is 0. The molecule has 1 atom stereocenters. The summed E-state index contributed by atoms with van der Waals surface area (Å²) < 4.78 is 5.31. The summed E-state index contributed by atoms with van der Waals surface area (Å²) >= 11 is 0. The second-order valence-corrected chi connectivity index (χ2v) is 3.13. The van der Waals surface area contributed by atoms with Crippen LogP contribution in [0.15, 0.2) is 0 Å². The second kappa shape index (κ2) is 4.73. The lowest BCUT2D eigenvalue weighted by Gasteiger charge is -2.26. The molecule has 10 heavy (non-hydrogen) atoms. The van der Waals surface area contributed by atoms with E-state index in [0.29, 0.717) is 6.10 Å². The van der Waals surface area contributed by atoms with Gasteiger partial charge in [-0.15, -0.1) is 0 Å². The Kier molecular flexibility index (Phi) is 3.81. The smallest absolute Gasteiger partial charge is 0.0597 e. The van der Waals surface area contributed by atoms with Crippen LogP contribution in [0.3, 0.4) is 0 Å². The van der Waals surface area contributed by atoms with Crippen molar-refractivity contribution in [3.63, 3.8) is 0 Å². The van der Waals surface area contributed by atoms with E-state index in [-0.39, 0.29) is 0 Å². The molecule has 1 unspecified atom stereocenters. The third kappa shape index (κ3) is 2.70. The van der Waals surface area contributed by atoms with Gasteiger partial charge in [-0.1, -0.05) is 32.6 Å². The van der Waals surface area contributed by atoms with Gasteiger partial charge >= 0.3 is 0 Å². The van der Waals surface area contributed by atoms with Gasteiger partial charge < -0.3 is 4.74 Å². The quantitative estimate of drug-likeness (QED) is 0.536. The van der Waals surface area contributed by atoms with Crippen molar-refractivity contribution in [3.05, 3.63) is 0 Å². The summed E-state index contributed by atoms with van der Waals surface area (Å²) in [6.07, 6.45) is 8.76. The molecule has 0 radical (unpaired) electrons. The third-order valence-electron chi connectivity index (χ3n) is 2.17. The van der Waals surface area contributed by atoms with Crippen LogP contribution in [0.2, 0.25) is 0 Å². The van der Waals surface area contributed by atoms with Crippen molar-refractivity contribution >= 4 is 0 Å². The average Bonchev–Trinajstić information content (AvgIpc) is 1.84. The fourth-order valence-corrected chi connectivity index (χ4v) is 1.31. The summed E-state index contributed by atoms with van der Waals surface area (Å²) in [5, 5.41) is 0. The van der Waals surface area contributed by atoms with Crippen LogP contribution >= 0.6 is 0 Å². The van der Waals surface area contributed by atoms with Gasteiger partial charge in [0.25, 0.3) is 0 Å². The lowest BCUT2D eigenvalue weighted by Crippen LogP contribution is -2.26. The molecule has 0 saturated carbocycles. The molecule has 0 N–H and O–H groups in total. The van der Waals surface area contributed by atoms with Gasteiger partial charge in [0, 0.05) is 6.61 Å². The maximum absolute atomic E-state index is 5.31. The first-order chi connectivity index (χ1) is 4.93. The predicted molar refractivity (Wildman–Crippen MR) is 43.1 cm³/mol. The van der Waals surface area contributed by atoms with Crippen molar-refractivity contribution in [1.29, 1.82) is 0 Å². The van der Waals surface area contributed by atoms with E-state index in [1.54, 1.807) is 0 Å². The normalized spacial score (nSPS) is 24.3. The van der Waals surface area contributed by atoms with Crippen LogP contribution in [0, 0.1) is 0 Å². The van der Waals surface area contributed by atoms with E-state index in [1.165, 1.54) is 38.5 Å². The zero-order valence-corrected chi connectivity index (χ0v) is 6.94. The van der Waals surface area contributed by atoms with Crippen LogP contribution in [-0.4, -0.2) is 12.7 Å². The maximum atomic E-state index is 5.31. The summed E-state index contributed by atoms with van der Waals surface area (Å²) in [5.74, 6) is 0. The molecule has 1 heterocycles. The van der Waals surface area contributed by atoms with Crippen molar-refractivity contribution in [3.8, 4) is 0 Å². The molecule has 1 nitrogen and oxygen atoms in total. The fourth-order valence-electron chi connectivity index (χ4n) is 1.31. The predicted octanol–water partition coefficient (Wildman–Crippen LogP) is 2.75. The lowest BCUT2D eigenvalue weighted by atomic mass is 10.0. The summed E-state index contributed by atoms with van der Waals surface area (Å²) in [6.45, 7) is 3.26. The van der Waals surface area contributed by atoms with Crippen LogP contribution in [0.4, 0.5) is 0 Å². The van der Waals surface area contributed by atoms with Gasteiger partial charge in [0.05, 0.1) is 6.10 Å². The van der Waals surface area contributed by atoms with E-state index < -0.39 is 0 Å². The van der Waals surface area contributed by atoms with Gasteiger partial charge in [-0.3, -0.25) is 0 Å². The van der Waals surface area contributed by atoms with Crippen LogP contribution in [-0.2, 0) is 4.74 Å². The second-order valence-electron chi connectivity index (χ2n) is 3.13. The third-order valence-corrected chi connectivity index (χ3v) is 2.17. The molecule has 1 rings (SSSR count). The Morgan fingerprint density at radius 1 is 1.30 bits per heavy atom. The Bertz CT molecular complexity index is 76.8. The molecule has 1 heteroatoms. The van der Waals surface area contributed by atoms with E-state index in [1.807, 2.05) is 0 Å². The zero-order chi connectivity index (χ0) is 7.23. The SMILES string of the molecule is CCCCCCC1CCO1. The van der Waals surface area contributed by atoms with E-state index in [2.05, 4.69) is 6.92 Å². The Morgan fingerprint density at radius 3 is 2.60 bits per heavy atom. The van der Waals surface area contributed by atoms with Crippen LogP contribution < -0.4 is 0 Å². The average molecular weight is 142 g/mol. The molecular weight excluding hydrogens is 124 g/mol. The van der Waals surface area contributed by atoms with Crippen LogP contribution in [0.1, 0.15) is 45.4 Å². The highest BCUT2D eigenvalue weighted by Gasteiger charge is 2.16. The van der Waals surface area contributed by atoms with Gasteiger partial charge in [0.2, 0.25) is 0 Å². The van der Waals surface area contributed by atoms with Crippen molar-refractivity contribution < 1.29 is 4.74 Å². The van der Waals surface area contributed by atoms with E-state index in [0.717, 1.165) is 6.61 Å². The summed E-state index contributed by atoms with van der Waals surface area (Å²) in [4.78, 5) is 0. The van der Waals surface area contributed by atoms with Crippen molar-refractivity contribution in [2.24, 2.45) is 0 Å². The molecule has 0 amide bonds. The Labute approximate surface area is 63.8 Å². The van der Waals surface area contributed by atoms with E-state index in [4.69, 9.17) is 4.74 Å². The first-order valence-electron chi connectivity index (χ1n) is 4.55. The largest absolute Gasteiger partial charge is 0.378 e. The van der Waals surface area contributed by atoms with Gasteiger partial charge in [-0.2, -0.15) is 0 Å². The van der Waals surface area contributed by atoms with Crippen molar-refractivity contribution in [2.75, 3.05) is 6.61 Å². The maximum Gasteiger partial charge on any atom is 0.0597 e. The zero-order valence-electron chi connectivity index (χ0n) is 6.94. The first kappa shape index (κ1) is 8.06. The molecule has 0 spiro atoms. The molecule has 0 aromatic heterocycles. The highest BCUT2D eigenvalue weighted by atomic mass is 16.5. The molecular formula is C9H18O. The molecule has 60 valence electrons. The molecule has 0 aromatic rings. The Balaban J connectivity index is 1.76. The molecule has 1 aliphatic rings. The number of unbranched alkanes of at least 4 members (excludes halogenated alkanes) is 3. The molecule has 0 bridgehead atoms.